The van der Waals surface area contributed by atoms with Gasteiger partial charge in [-0.1, -0.05) is 6.92 Å². The van der Waals surface area contributed by atoms with Gasteiger partial charge in [0.2, 0.25) is 0 Å². The van der Waals surface area contributed by atoms with Crippen molar-refractivity contribution in [3.63, 3.8) is 0 Å². The van der Waals surface area contributed by atoms with Gasteiger partial charge in [-0.15, -0.1) is 0 Å². The Morgan fingerprint density at radius 3 is 1.55 bits per heavy atom. The predicted molar refractivity (Wildman–Crippen MR) is 173 cm³/mol. The van der Waals surface area contributed by atoms with Gasteiger partial charge in [0.1, 0.15) is 49.3 Å². The molecule has 0 aromatic carbocycles. The SMILES string of the molecule is CCC(C12CCC(O1)C1=C2OCCOCCCO1)(C12CCC(O1)C1=C2OCCOCCCO1)C12OC(CC1C(=O)O)C1=C2OCCOCCCO1. The highest BCUT2D eigenvalue weighted by atomic mass is 16.6. The molecule has 0 aliphatic carbocycles. The second-order valence-corrected chi connectivity index (χ2v) is 14.7. The van der Waals surface area contributed by atoms with Crippen LogP contribution in [0.3, 0.4) is 0 Å². The Labute approximate surface area is 297 Å². The zero-order valence-corrected chi connectivity index (χ0v) is 29.4. The third-order valence-electron chi connectivity index (χ3n) is 12.4. The van der Waals surface area contributed by atoms with Crippen LogP contribution in [0.2, 0.25) is 0 Å². The highest BCUT2D eigenvalue weighted by molar-refractivity contribution is 5.75. The van der Waals surface area contributed by atoms with Crippen LogP contribution in [0.25, 0.3) is 0 Å². The number of aliphatic carboxylic acids is 1. The van der Waals surface area contributed by atoms with E-state index in [0.29, 0.717) is 145 Å². The lowest BCUT2D eigenvalue weighted by atomic mass is 9.45. The zero-order valence-electron chi connectivity index (χ0n) is 29.4. The molecule has 0 spiro atoms. The van der Waals surface area contributed by atoms with Crippen LogP contribution < -0.4 is 0 Å². The molecule has 9 aliphatic heterocycles. The van der Waals surface area contributed by atoms with E-state index in [1.807, 2.05) is 0 Å². The van der Waals surface area contributed by atoms with E-state index in [1.54, 1.807) is 0 Å². The van der Waals surface area contributed by atoms with Gasteiger partial charge in [-0.2, -0.15) is 0 Å². The number of rotatable bonds is 5. The maximum Gasteiger partial charge on any atom is 0.310 e. The largest absolute Gasteiger partial charge is 0.491 e. The van der Waals surface area contributed by atoms with Crippen molar-refractivity contribution in [3.05, 3.63) is 34.6 Å². The van der Waals surface area contributed by atoms with Gasteiger partial charge in [-0.25, -0.2) is 0 Å². The molecule has 0 amide bonds. The predicted octanol–water partition coefficient (Wildman–Crippen LogP) is 3.48. The van der Waals surface area contributed by atoms with Crippen LogP contribution in [-0.2, 0) is 61.6 Å². The van der Waals surface area contributed by atoms with Gasteiger partial charge in [0.15, 0.2) is 40.2 Å². The molecule has 7 unspecified atom stereocenters. The minimum atomic E-state index is -1.65. The topological polar surface area (TPSA) is 148 Å². The van der Waals surface area contributed by atoms with Gasteiger partial charge in [0, 0.05) is 39.1 Å². The van der Waals surface area contributed by atoms with Gasteiger partial charge in [-0.3, -0.25) is 4.79 Å². The molecule has 0 saturated carbocycles. The van der Waals surface area contributed by atoms with Crippen molar-refractivity contribution < 1.29 is 66.7 Å². The fourth-order valence-electron chi connectivity index (χ4n) is 10.8. The van der Waals surface area contributed by atoms with Crippen LogP contribution in [0.1, 0.15) is 64.7 Å². The van der Waals surface area contributed by atoms with E-state index < -0.39 is 52.4 Å². The summed E-state index contributed by atoms with van der Waals surface area (Å²) in [5.74, 6) is 1.26. The third-order valence-corrected chi connectivity index (χ3v) is 12.4. The normalized spacial score (nSPS) is 40.7. The molecule has 0 aromatic heterocycles. The fourth-order valence-corrected chi connectivity index (χ4v) is 10.8. The van der Waals surface area contributed by atoms with E-state index in [4.69, 9.17) is 56.8 Å². The van der Waals surface area contributed by atoms with Gasteiger partial charge in [0.05, 0.1) is 51.0 Å². The average molecular weight is 719 g/mol. The smallest absolute Gasteiger partial charge is 0.310 e. The number of fused-ring (bicyclic) bond motifs is 12. The first-order chi connectivity index (χ1) is 25.0. The van der Waals surface area contributed by atoms with Crippen LogP contribution in [0.4, 0.5) is 0 Å². The van der Waals surface area contributed by atoms with Gasteiger partial charge in [-0.05, 0) is 38.5 Å². The molecule has 3 fully saturated rings. The minimum absolute atomic E-state index is 0.189. The van der Waals surface area contributed by atoms with E-state index in [-0.39, 0.29) is 26.2 Å². The Bertz CT molecular complexity index is 1410. The monoisotopic (exact) mass is 718 g/mol. The Morgan fingerprint density at radius 1 is 0.608 bits per heavy atom. The maximum absolute atomic E-state index is 13.8. The molecule has 0 aromatic rings. The van der Waals surface area contributed by atoms with Gasteiger partial charge < -0.3 is 61.9 Å². The molecule has 6 bridgehead atoms. The maximum atomic E-state index is 13.8. The standard InChI is InChI=1S/C37H50O14/c1-2-36(34-8-6-24(49-34)27-30(34)46-19-16-40-10-3-13-43-27,35-9-7-25(50-35)28-31(35)47-20-17-41-11-4-14-44-28)37-23(33(38)39)22-26(51-37)29-32(37)48-21-18-42-12-5-15-45-29/h23-26H,2-22H2,1H3,(H,38,39). The number of carboxylic acids is 1. The number of carboxylic acid groups (broad SMARTS) is 1. The summed E-state index contributed by atoms with van der Waals surface area (Å²) in [5.41, 5.74) is -5.58. The molecule has 0 radical (unpaired) electrons. The van der Waals surface area contributed by atoms with E-state index in [0.717, 1.165) is 0 Å². The average Bonchev–Trinajstić information content (AvgIpc) is 4.00. The van der Waals surface area contributed by atoms with Crippen molar-refractivity contribution in [2.75, 3.05) is 79.3 Å². The highest BCUT2D eigenvalue weighted by Gasteiger charge is 2.88. The first kappa shape index (κ1) is 34.0. The van der Waals surface area contributed by atoms with Gasteiger partial charge >= 0.3 is 5.97 Å². The first-order valence-electron chi connectivity index (χ1n) is 19.0. The fraction of sp³-hybridized carbons (Fsp3) is 0.811. The van der Waals surface area contributed by atoms with Crippen LogP contribution in [0, 0.1) is 11.3 Å². The van der Waals surface area contributed by atoms with Crippen molar-refractivity contribution in [1.29, 1.82) is 0 Å². The van der Waals surface area contributed by atoms with E-state index in [9.17, 15) is 9.90 Å². The van der Waals surface area contributed by atoms with Crippen LogP contribution in [0.15, 0.2) is 34.6 Å². The lowest BCUT2D eigenvalue weighted by molar-refractivity contribution is -0.282. The van der Waals surface area contributed by atoms with Crippen molar-refractivity contribution in [2.45, 2.75) is 99.8 Å². The molecule has 9 heterocycles. The van der Waals surface area contributed by atoms with Crippen molar-refractivity contribution in [3.8, 4) is 0 Å². The van der Waals surface area contributed by atoms with Crippen LogP contribution in [0.5, 0.6) is 0 Å². The highest BCUT2D eigenvalue weighted by Crippen LogP contribution is 2.77. The van der Waals surface area contributed by atoms with E-state index in [1.165, 1.54) is 0 Å². The van der Waals surface area contributed by atoms with Gasteiger partial charge in [0.25, 0.3) is 0 Å². The number of hydrogen-bond donors (Lipinski definition) is 1. The third kappa shape index (κ3) is 4.71. The zero-order chi connectivity index (χ0) is 34.7. The summed E-state index contributed by atoms with van der Waals surface area (Å²) in [6.45, 7) is 6.80. The van der Waals surface area contributed by atoms with Crippen LogP contribution in [-0.4, -0.2) is 125 Å². The quantitative estimate of drug-likeness (QED) is 0.442. The molecule has 51 heavy (non-hydrogen) atoms. The number of hydrogen-bond acceptors (Lipinski definition) is 13. The summed E-state index contributed by atoms with van der Waals surface area (Å²) in [6.07, 6.45) is 3.50. The molecule has 9 rings (SSSR count). The molecular formula is C37H50O14. The summed E-state index contributed by atoms with van der Waals surface area (Å²) in [5, 5.41) is 11.3. The molecule has 3 saturated heterocycles. The summed E-state index contributed by atoms with van der Waals surface area (Å²) in [6, 6.07) is 0. The lowest BCUT2D eigenvalue weighted by Gasteiger charge is -2.62. The van der Waals surface area contributed by atoms with Crippen molar-refractivity contribution in [2.24, 2.45) is 11.3 Å². The molecular weight excluding hydrogens is 668 g/mol. The summed E-state index contributed by atoms with van der Waals surface area (Å²) >= 11 is 0. The van der Waals surface area contributed by atoms with E-state index in [2.05, 4.69) is 6.92 Å². The minimum Gasteiger partial charge on any atom is -0.491 e. The molecule has 14 nitrogen and oxygen atoms in total. The summed E-state index contributed by atoms with van der Waals surface area (Å²) in [4.78, 5) is 13.8. The molecule has 7 atom stereocenters. The number of ether oxygens (including phenoxy) is 12. The summed E-state index contributed by atoms with van der Waals surface area (Å²) in [7, 11) is 0. The molecule has 282 valence electrons. The summed E-state index contributed by atoms with van der Waals surface area (Å²) < 4.78 is 79.4. The first-order valence-corrected chi connectivity index (χ1v) is 19.0. The Morgan fingerprint density at radius 2 is 1.08 bits per heavy atom. The Hall–Kier alpha value is -2.75. The lowest BCUT2D eigenvalue weighted by Crippen LogP contribution is -2.75. The molecule has 1 N–H and O–H groups in total. The van der Waals surface area contributed by atoms with E-state index >= 15 is 0 Å². The second kappa shape index (κ2) is 13.3. The van der Waals surface area contributed by atoms with Crippen molar-refractivity contribution in [1.82, 2.24) is 0 Å². The Kier molecular flexibility index (Phi) is 8.86. The Balaban J connectivity index is 1.33. The van der Waals surface area contributed by atoms with Crippen LogP contribution >= 0.6 is 0 Å². The second-order valence-electron chi connectivity index (χ2n) is 14.7. The molecule has 9 aliphatic rings. The number of carbonyl (C=O) groups is 1. The van der Waals surface area contributed by atoms with Crippen molar-refractivity contribution >= 4 is 5.97 Å². The molecule has 14 heteroatoms.